The summed E-state index contributed by atoms with van der Waals surface area (Å²) in [6, 6.07) is 0. The fraction of sp³-hybridized carbons (Fsp3) is 0.864. The summed E-state index contributed by atoms with van der Waals surface area (Å²) in [5.41, 5.74) is 0. The lowest BCUT2D eigenvalue weighted by atomic mass is 10.1. The van der Waals surface area contributed by atoms with E-state index < -0.39 is 6.10 Å². The molecule has 0 rings (SSSR count). The maximum Gasteiger partial charge on any atom is 0.165 e. The zero-order valence-corrected chi connectivity index (χ0v) is 34.1. The molecular formula is C44H86N3O4+. The summed E-state index contributed by atoms with van der Waals surface area (Å²) < 4.78 is 0.523. The van der Waals surface area contributed by atoms with Crippen molar-refractivity contribution in [3.63, 3.8) is 0 Å². The van der Waals surface area contributed by atoms with Crippen molar-refractivity contribution in [3.8, 4) is 0 Å². The molecule has 0 aromatic heterocycles. The molecule has 0 fully saturated rings. The third-order valence-corrected chi connectivity index (χ3v) is 9.80. The van der Waals surface area contributed by atoms with E-state index in [1.165, 1.54) is 154 Å². The monoisotopic (exact) mass is 721 g/mol. The molecular weight excluding hydrogens is 635 g/mol. The Kier molecular flexibility index (Phi) is 39.7. The lowest BCUT2D eigenvalue weighted by Crippen LogP contribution is -2.53. The molecule has 0 radical (unpaired) electrons. The van der Waals surface area contributed by atoms with Gasteiger partial charge in [0.25, 0.3) is 0 Å². The number of quaternary nitrogens is 1. The van der Waals surface area contributed by atoms with Gasteiger partial charge in [-0.3, -0.25) is 0 Å². The second-order valence-electron chi connectivity index (χ2n) is 15.1. The van der Waals surface area contributed by atoms with Crippen molar-refractivity contribution in [1.29, 1.82) is 0 Å². The first-order valence-electron chi connectivity index (χ1n) is 21.8. The average molecular weight is 721 g/mol. The molecule has 0 spiro atoms. The molecule has 0 aromatic rings. The first kappa shape index (κ1) is 49.3. The minimum Gasteiger partial charge on any atom is -0.393 e. The number of hydrogen-bond donors (Lipinski definition) is 2. The average Bonchev–Trinajstić information content (AvgIpc) is 3.13. The van der Waals surface area contributed by atoms with Crippen molar-refractivity contribution in [2.24, 2.45) is 10.3 Å². The Balaban J connectivity index is 3.81. The maximum absolute atomic E-state index is 10.1. The first-order chi connectivity index (χ1) is 25.1. The zero-order valence-electron chi connectivity index (χ0n) is 34.1. The molecule has 0 aliphatic heterocycles. The highest BCUT2D eigenvalue weighted by Gasteiger charge is 2.25. The van der Waals surface area contributed by atoms with Gasteiger partial charge >= 0.3 is 0 Å². The molecule has 2 N–H and O–H groups in total. The van der Waals surface area contributed by atoms with Gasteiger partial charge in [-0.2, -0.15) is 0 Å². The number of aliphatic hydroxyl groups is 2. The topological polar surface area (TPSA) is 83.6 Å². The SMILES string of the molecule is CCCCCCCC/C=C\CCCCCCCC=NOCC[N+](C)(CCON=CCCCCCCC/C=C\CCCCCCCC)CC(O)CO. The maximum atomic E-state index is 10.1. The number of nitrogens with zero attached hydrogens (tertiary/aromatic N) is 3. The number of hydrogen-bond acceptors (Lipinski definition) is 6. The molecule has 0 saturated heterocycles. The van der Waals surface area contributed by atoms with Crippen molar-refractivity contribution < 1.29 is 24.4 Å². The van der Waals surface area contributed by atoms with Crippen LogP contribution < -0.4 is 0 Å². The van der Waals surface area contributed by atoms with Crippen LogP contribution in [-0.2, 0) is 9.68 Å². The van der Waals surface area contributed by atoms with E-state index in [2.05, 4.69) is 55.5 Å². The molecule has 300 valence electrons. The van der Waals surface area contributed by atoms with Crippen LogP contribution in [0, 0.1) is 0 Å². The minimum absolute atomic E-state index is 0.252. The van der Waals surface area contributed by atoms with Gasteiger partial charge in [0.1, 0.15) is 25.7 Å². The summed E-state index contributed by atoms with van der Waals surface area (Å²) in [7, 11) is 2.05. The number of oxime groups is 2. The van der Waals surface area contributed by atoms with Crippen LogP contribution in [0.5, 0.6) is 0 Å². The summed E-state index contributed by atoms with van der Waals surface area (Å²) in [5, 5.41) is 27.8. The Morgan fingerprint density at radius 1 is 0.490 bits per heavy atom. The predicted octanol–water partition coefficient (Wildman–Crippen LogP) is 11.9. The largest absolute Gasteiger partial charge is 0.393 e. The highest BCUT2D eigenvalue weighted by atomic mass is 16.6. The number of unbranched alkanes of at least 4 members (excludes halogenated alkanes) is 24. The summed E-state index contributed by atoms with van der Waals surface area (Å²) in [6.07, 6.45) is 48.4. The molecule has 1 atom stereocenters. The minimum atomic E-state index is -0.774. The van der Waals surface area contributed by atoms with Crippen molar-refractivity contribution >= 4 is 12.4 Å². The molecule has 0 aliphatic carbocycles. The summed E-state index contributed by atoms with van der Waals surface area (Å²) >= 11 is 0. The van der Waals surface area contributed by atoms with Crippen molar-refractivity contribution in [1.82, 2.24) is 0 Å². The van der Waals surface area contributed by atoms with Crippen molar-refractivity contribution in [2.45, 2.75) is 200 Å². The van der Waals surface area contributed by atoms with Crippen LogP contribution in [-0.4, -0.2) is 79.7 Å². The second-order valence-corrected chi connectivity index (χ2v) is 15.1. The Hall–Kier alpha value is -1.70. The predicted molar refractivity (Wildman–Crippen MR) is 222 cm³/mol. The van der Waals surface area contributed by atoms with Gasteiger partial charge < -0.3 is 24.4 Å². The zero-order chi connectivity index (χ0) is 37.2. The first-order valence-corrected chi connectivity index (χ1v) is 21.8. The number of allylic oxidation sites excluding steroid dienone is 4. The normalized spacial score (nSPS) is 14.1. The molecule has 0 saturated carbocycles. The molecule has 7 nitrogen and oxygen atoms in total. The fourth-order valence-electron chi connectivity index (χ4n) is 6.31. The Morgan fingerprint density at radius 3 is 1.14 bits per heavy atom. The highest BCUT2D eigenvalue weighted by Crippen LogP contribution is 2.12. The van der Waals surface area contributed by atoms with Gasteiger partial charge in [0.15, 0.2) is 13.2 Å². The van der Waals surface area contributed by atoms with Gasteiger partial charge in [-0.1, -0.05) is 151 Å². The molecule has 1 unspecified atom stereocenters. The van der Waals surface area contributed by atoms with Crippen LogP contribution in [0.25, 0.3) is 0 Å². The van der Waals surface area contributed by atoms with Crippen LogP contribution in [0.15, 0.2) is 34.6 Å². The van der Waals surface area contributed by atoms with E-state index in [0.29, 0.717) is 37.3 Å². The third kappa shape index (κ3) is 39.3. The Labute approximate surface area is 317 Å². The molecule has 51 heavy (non-hydrogen) atoms. The highest BCUT2D eigenvalue weighted by molar-refractivity contribution is 5.56. The molecule has 7 heteroatoms. The molecule has 0 bridgehead atoms. The van der Waals surface area contributed by atoms with Crippen molar-refractivity contribution in [3.05, 3.63) is 24.3 Å². The molecule has 0 heterocycles. The quantitative estimate of drug-likeness (QED) is 0.0216. The van der Waals surface area contributed by atoms with Gasteiger partial charge in [0, 0.05) is 12.4 Å². The smallest absolute Gasteiger partial charge is 0.165 e. The number of rotatable bonds is 41. The van der Waals surface area contributed by atoms with Crippen LogP contribution in [0.2, 0.25) is 0 Å². The molecule has 0 amide bonds. The Morgan fingerprint density at radius 2 is 0.804 bits per heavy atom. The van der Waals surface area contributed by atoms with E-state index in [9.17, 15) is 10.2 Å². The van der Waals surface area contributed by atoms with Crippen LogP contribution in [0.4, 0.5) is 0 Å². The van der Waals surface area contributed by atoms with Crippen LogP contribution in [0.3, 0.4) is 0 Å². The summed E-state index contributed by atoms with van der Waals surface area (Å²) in [5.74, 6) is 0. The Bertz CT molecular complexity index is 745. The van der Waals surface area contributed by atoms with E-state index in [0.717, 1.165) is 25.7 Å². The van der Waals surface area contributed by atoms with E-state index in [4.69, 9.17) is 9.68 Å². The third-order valence-electron chi connectivity index (χ3n) is 9.80. The van der Waals surface area contributed by atoms with E-state index >= 15 is 0 Å². The van der Waals surface area contributed by atoms with E-state index in [-0.39, 0.29) is 6.61 Å². The second kappa shape index (κ2) is 41.1. The van der Waals surface area contributed by atoms with Gasteiger partial charge in [0.05, 0.1) is 13.7 Å². The summed E-state index contributed by atoms with van der Waals surface area (Å²) in [4.78, 5) is 11.1. The van der Waals surface area contributed by atoms with E-state index in [1.807, 2.05) is 12.4 Å². The standard InChI is InChI=1S/C44H86N3O4/c1-4-6-8-10-12-14-16-18-20-22-24-26-28-30-32-34-36-45-50-40-38-47(3,42-44(49)43-48)39-41-51-46-37-35-33-31-29-27-25-23-21-19-17-15-13-11-9-7-5-2/h18-21,36-37,44,48-49H,4-17,22-35,38-43H2,1-3H3/q+1/b20-18-,21-19-,45-36?,46-37?. The van der Waals surface area contributed by atoms with Crippen LogP contribution in [0.1, 0.15) is 194 Å². The van der Waals surface area contributed by atoms with Gasteiger partial charge in [-0.05, 0) is 77.0 Å². The van der Waals surface area contributed by atoms with Crippen molar-refractivity contribution in [2.75, 3.05) is 46.5 Å². The molecule has 0 aromatic carbocycles. The van der Waals surface area contributed by atoms with Gasteiger partial charge in [-0.25, -0.2) is 0 Å². The van der Waals surface area contributed by atoms with Crippen LogP contribution >= 0.6 is 0 Å². The number of aliphatic hydroxyl groups excluding tert-OH is 2. The van der Waals surface area contributed by atoms with E-state index in [1.54, 1.807) is 0 Å². The fourth-order valence-corrected chi connectivity index (χ4v) is 6.31. The molecule has 0 aliphatic rings. The lowest BCUT2D eigenvalue weighted by molar-refractivity contribution is -0.913. The lowest BCUT2D eigenvalue weighted by Gasteiger charge is -2.34. The number of likely N-dealkylation sites (N-methyl/N-ethyl adjacent to an activating group) is 1. The summed E-state index contributed by atoms with van der Waals surface area (Å²) in [6.45, 7) is 6.98. The van der Waals surface area contributed by atoms with Gasteiger partial charge in [-0.15, -0.1) is 0 Å². The van der Waals surface area contributed by atoms with Gasteiger partial charge in [0.2, 0.25) is 0 Å².